The lowest BCUT2D eigenvalue weighted by Crippen LogP contribution is -2.18. The maximum absolute atomic E-state index is 10.9. The minimum absolute atomic E-state index is 0.551. The Morgan fingerprint density at radius 2 is 2.31 bits per heavy atom. The normalized spacial score (nSPS) is 10.5. The van der Waals surface area contributed by atoms with E-state index in [-0.39, 0.29) is 0 Å². The number of hydrogen-bond acceptors (Lipinski definition) is 2. The molecule has 0 aliphatic heterocycles. The van der Waals surface area contributed by atoms with Crippen LogP contribution in [0.5, 0.6) is 0 Å². The van der Waals surface area contributed by atoms with Crippen molar-refractivity contribution in [2.24, 2.45) is 5.73 Å². The van der Waals surface area contributed by atoms with Crippen molar-refractivity contribution in [3.63, 3.8) is 0 Å². The summed E-state index contributed by atoms with van der Waals surface area (Å²) >= 11 is 5.74. The fourth-order valence-corrected chi connectivity index (χ4v) is 1.33. The lowest BCUT2D eigenvalue weighted by molar-refractivity contribution is 0.251. The quantitative estimate of drug-likeness (QED) is 0.694. The zero-order valence-electron chi connectivity index (χ0n) is 6.57. The van der Waals surface area contributed by atoms with Crippen LogP contribution in [0.2, 0.25) is 5.02 Å². The van der Waals surface area contributed by atoms with Crippen molar-refractivity contribution in [1.82, 2.24) is 9.55 Å². The first-order chi connectivity index (χ1) is 6.18. The molecular formula is C8H6ClN3O. The molecule has 13 heavy (non-hydrogen) atoms. The van der Waals surface area contributed by atoms with E-state index < -0.39 is 6.03 Å². The van der Waals surface area contributed by atoms with Crippen LogP contribution in [0.25, 0.3) is 11.0 Å². The van der Waals surface area contributed by atoms with Gasteiger partial charge in [-0.15, -0.1) is 0 Å². The second kappa shape index (κ2) is 2.74. The molecule has 4 nitrogen and oxygen atoms in total. The van der Waals surface area contributed by atoms with Gasteiger partial charge in [-0.05, 0) is 18.2 Å². The standard InChI is InChI=1S/C8H6ClN3O/c9-5-1-2-7-6(3-5)11-4-12(7)8(10)13/h1-4H,(H2,10,13). The number of fused-ring (bicyclic) bond motifs is 1. The van der Waals surface area contributed by atoms with E-state index in [1.807, 2.05) is 0 Å². The molecule has 0 saturated carbocycles. The molecule has 0 atom stereocenters. The molecule has 0 fully saturated rings. The van der Waals surface area contributed by atoms with Crippen LogP contribution in [-0.4, -0.2) is 15.6 Å². The van der Waals surface area contributed by atoms with Crippen molar-refractivity contribution in [3.05, 3.63) is 29.5 Å². The number of carbonyl (C=O) groups excluding carboxylic acids is 1. The molecule has 66 valence electrons. The smallest absolute Gasteiger partial charge is 0.324 e. The third-order valence-electron chi connectivity index (χ3n) is 1.75. The summed E-state index contributed by atoms with van der Waals surface area (Å²) < 4.78 is 1.27. The third-order valence-corrected chi connectivity index (χ3v) is 1.98. The van der Waals surface area contributed by atoms with Crippen LogP contribution < -0.4 is 5.73 Å². The maximum Gasteiger partial charge on any atom is 0.324 e. The van der Waals surface area contributed by atoms with Gasteiger partial charge in [-0.1, -0.05) is 11.6 Å². The number of nitrogens with zero attached hydrogens (tertiary/aromatic N) is 2. The second-order valence-corrected chi connectivity index (χ2v) is 3.02. The fraction of sp³-hybridized carbons (Fsp3) is 0. The van der Waals surface area contributed by atoms with Crippen molar-refractivity contribution < 1.29 is 4.79 Å². The van der Waals surface area contributed by atoms with Gasteiger partial charge in [0.15, 0.2) is 0 Å². The molecule has 0 aliphatic rings. The topological polar surface area (TPSA) is 60.9 Å². The summed E-state index contributed by atoms with van der Waals surface area (Å²) in [6, 6.07) is 4.52. The second-order valence-electron chi connectivity index (χ2n) is 2.59. The van der Waals surface area contributed by atoms with Crippen LogP contribution >= 0.6 is 11.6 Å². The molecule has 0 bridgehead atoms. The Morgan fingerprint density at radius 3 is 3.00 bits per heavy atom. The molecule has 1 heterocycles. The first-order valence-corrected chi connectivity index (χ1v) is 3.98. The monoisotopic (exact) mass is 195 g/mol. The molecule has 0 spiro atoms. The number of benzene rings is 1. The molecule has 5 heteroatoms. The zero-order valence-corrected chi connectivity index (χ0v) is 7.32. The highest BCUT2D eigenvalue weighted by molar-refractivity contribution is 6.31. The number of carbonyl (C=O) groups is 1. The van der Waals surface area contributed by atoms with Crippen molar-refractivity contribution in [2.75, 3.05) is 0 Å². The SMILES string of the molecule is NC(=O)n1cnc2cc(Cl)ccc21. The van der Waals surface area contributed by atoms with Crippen LogP contribution in [0.4, 0.5) is 4.79 Å². The average Bonchev–Trinajstić information content (AvgIpc) is 2.46. The van der Waals surface area contributed by atoms with Gasteiger partial charge in [0.1, 0.15) is 6.33 Å². The van der Waals surface area contributed by atoms with Gasteiger partial charge < -0.3 is 5.73 Å². The number of nitrogens with two attached hydrogens (primary N) is 1. The lowest BCUT2D eigenvalue weighted by atomic mass is 10.3. The van der Waals surface area contributed by atoms with Crippen LogP contribution in [-0.2, 0) is 0 Å². The van der Waals surface area contributed by atoms with Gasteiger partial charge in [-0.2, -0.15) is 0 Å². The molecule has 2 N–H and O–H groups in total. The number of rotatable bonds is 0. The highest BCUT2D eigenvalue weighted by Gasteiger charge is 2.05. The minimum Gasteiger partial charge on any atom is -0.351 e. The number of halogens is 1. The van der Waals surface area contributed by atoms with Crippen molar-refractivity contribution in [3.8, 4) is 0 Å². The van der Waals surface area contributed by atoms with Gasteiger partial charge >= 0.3 is 6.03 Å². The fourth-order valence-electron chi connectivity index (χ4n) is 1.16. The summed E-state index contributed by atoms with van der Waals surface area (Å²) in [5.41, 5.74) is 6.44. The predicted octanol–water partition coefficient (Wildman–Crippen LogP) is 1.62. The molecular weight excluding hydrogens is 190 g/mol. The molecule has 2 aromatic rings. The van der Waals surface area contributed by atoms with Gasteiger partial charge in [0, 0.05) is 5.02 Å². The van der Waals surface area contributed by atoms with E-state index in [4.69, 9.17) is 17.3 Å². The van der Waals surface area contributed by atoms with Crippen LogP contribution in [0.3, 0.4) is 0 Å². The highest BCUT2D eigenvalue weighted by atomic mass is 35.5. The van der Waals surface area contributed by atoms with Gasteiger partial charge in [0.25, 0.3) is 0 Å². The summed E-state index contributed by atoms with van der Waals surface area (Å²) in [6.07, 6.45) is 1.38. The number of imidazole rings is 1. The van der Waals surface area contributed by atoms with Gasteiger partial charge in [0.05, 0.1) is 11.0 Å². The molecule has 1 aromatic carbocycles. The van der Waals surface area contributed by atoms with Crippen molar-refractivity contribution in [2.45, 2.75) is 0 Å². The van der Waals surface area contributed by atoms with E-state index in [1.165, 1.54) is 10.9 Å². The van der Waals surface area contributed by atoms with E-state index in [2.05, 4.69) is 4.98 Å². The molecule has 2 rings (SSSR count). The molecule has 0 unspecified atom stereocenters. The van der Waals surface area contributed by atoms with Gasteiger partial charge in [0.2, 0.25) is 0 Å². The molecule has 0 saturated heterocycles. The van der Waals surface area contributed by atoms with Gasteiger partial charge in [-0.25, -0.2) is 9.78 Å². The Kier molecular flexibility index (Phi) is 1.70. The van der Waals surface area contributed by atoms with E-state index in [0.29, 0.717) is 16.1 Å². The predicted molar refractivity (Wildman–Crippen MR) is 49.7 cm³/mol. The number of amides is 1. The summed E-state index contributed by atoms with van der Waals surface area (Å²) in [5, 5.41) is 0.585. The number of primary amides is 1. The Balaban J connectivity index is 2.76. The molecule has 0 radical (unpaired) electrons. The first kappa shape index (κ1) is 8.07. The third kappa shape index (κ3) is 1.25. The largest absolute Gasteiger partial charge is 0.351 e. The minimum atomic E-state index is -0.551. The summed E-state index contributed by atoms with van der Waals surface area (Å²) in [6.45, 7) is 0. The Hall–Kier alpha value is -1.55. The number of hydrogen-bond donors (Lipinski definition) is 1. The molecule has 1 amide bonds. The average molecular weight is 196 g/mol. The Bertz CT molecular complexity index is 477. The molecule has 1 aromatic heterocycles. The maximum atomic E-state index is 10.9. The zero-order chi connectivity index (χ0) is 9.42. The van der Waals surface area contributed by atoms with Crippen molar-refractivity contribution in [1.29, 1.82) is 0 Å². The van der Waals surface area contributed by atoms with Crippen LogP contribution in [0, 0.1) is 0 Å². The van der Waals surface area contributed by atoms with E-state index in [0.717, 1.165) is 0 Å². The van der Waals surface area contributed by atoms with Crippen LogP contribution in [0.15, 0.2) is 24.5 Å². The van der Waals surface area contributed by atoms with Crippen molar-refractivity contribution >= 4 is 28.7 Å². The number of aromatic nitrogens is 2. The van der Waals surface area contributed by atoms with E-state index in [1.54, 1.807) is 18.2 Å². The summed E-state index contributed by atoms with van der Waals surface area (Å²) in [7, 11) is 0. The summed E-state index contributed by atoms with van der Waals surface area (Å²) in [4.78, 5) is 14.9. The van der Waals surface area contributed by atoms with Gasteiger partial charge in [-0.3, -0.25) is 4.57 Å². The van der Waals surface area contributed by atoms with E-state index >= 15 is 0 Å². The van der Waals surface area contributed by atoms with E-state index in [9.17, 15) is 4.79 Å². The lowest BCUT2D eigenvalue weighted by Gasteiger charge is -1.96. The Labute approximate surface area is 78.9 Å². The molecule has 0 aliphatic carbocycles. The first-order valence-electron chi connectivity index (χ1n) is 3.61. The highest BCUT2D eigenvalue weighted by Crippen LogP contribution is 2.17. The Morgan fingerprint density at radius 1 is 1.54 bits per heavy atom. The summed E-state index contributed by atoms with van der Waals surface area (Å²) in [5.74, 6) is 0. The van der Waals surface area contributed by atoms with Crippen LogP contribution in [0.1, 0.15) is 0 Å².